The summed E-state index contributed by atoms with van der Waals surface area (Å²) in [4.78, 5) is 8.00. The van der Waals surface area contributed by atoms with Crippen LogP contribution in [0.4, 0.5) is 10.2 Å². The molecule has 2 rings (SSSR count). The van der Waals surface area contributed by atoms with Crippen LogP contribution in [0.2, 0.25) is 0 Å². The van der Waals surface area contributed by atoms with E-state index in [0.717, 1.165) is 11.8 Å². The predicted octanol–water partition coefficient (Wildman–Crippen LogP) is 0.945. The first-order chi connectivity index (χ1) is 8.70. The van der Waals surface area contributed by atoms with Gasteiger partial charge in [-0.15, -0.1) is 0 Å². The smallest absolute Gasteiger partial charge is 0.141 e. The molecule has 0 aliphatic heterocycles. The number of anilines is 1. The molecule has 94 valence electrons. The van der Waals surface area contributed by atoms with Crippen molar-refractivity contribution in [2.75, 3.05) is 5.73 Å². The molecule has 0 saturated heterocycles. The third kappa shape index (κ3) is 2.79. The number of nitrogens with two attached hydrogens (primary N) is 2. The molecule has 5 N–H and O–H groups in total. The summed E-state index contributed by atoms with van der Waals surface area (Å²) in [6, 6.07) is 6.37. The summed E-state index contributed by atoms with van der Waals surface area (Å²) in [7, 11) is 0. The Kier molecular flexibility index (Phi) is 3.81. The van der Waals surface area contributed by atoms with E-state index in [-0.39, 0.29) is 11.9 Å². The molecule has 0 aliphatic rings. The zero-order valence-electron chi connectivity index (χ0n) is 9.68. The molecule has 6 heteroatoms. The van der Waals surface area contributed by atoms with Gasteiger partial charge in [0.2, 0.25) is 0 Å². The lowest BCUT2D eigenvalue weighted by Gasteiger charge is -2.16. The van der Waals surface area contributed by atoms with Gasteiger partial charge in [-0.3, -0.25) is 16.3 Å². The Bertz CT molecular complexity index is 514. The minimum atomic E-state index is -0.379. The Morgan fingerprint density at radius 2 is 2.11 bits per heavy atom. The van der Waals surface area contributed by atoms with Crippen LogP contribution in [-0.4, -0.2) is 9.97 Å². The van der Waals surface area contributed by atoms with E-state index in [9.17, 15) is 4.39 Å². The second-order valence-electron chi connectivity index (χ2n) is 3.87. The van der Waals surface area contributed by atoms with Gasteiger partial charge < -0.3 is 5.73 Å². The fourth-order valence-electron chi connectivity index (χ4n) is 1.69. The molecule has 2 heterocycles. The van der Waals surface area contributed by atoms with Crippen molar-refractivity contribution in [3.05, 3.63) is 53.7 Å². The highest BCUT2D eigenvalue weighted by Gasteiger charge is 2.13. The number of nitrogen functional groups attached to an aromatic ring is 1. The summed E-state index contributed by atoms with van der Waals surface area (Å²) >= 11 is 0. The molecule has 1 atom stereocenters. The van der Waals surface area contributed by atoms with Gasteiger partial charge in [0.1, 0.15) is 11.6 Å². The molecule has 0 spiro atoms. The second kappa shape index (κ2) is 5.52. The van der Waals surface area contributed by atoms with Gasteiger partial charge in [-0.25, -0.2) is 9.37 Å². The average Bonchev–Trinajstić information content (AvgIpc) is 2.39. The monoisotopic (exact) mass is 247 g/mol. The molecular weight excluding hydrogens is 233 g/mol. The lowest BCUT2D eigenvalue weighted by atomic mass is 10.0. The summed E-state index contributed by atoms with van der Waals surface area (Å²) < 4.78 is 12.8. The van der Waals surface area contributed by atoms with E-state index in [1.165, 1.54) is 6.07 Å². The third-order valence-electron chi connectivity index (χ3n) is 2.66. The van der Waals surface area contributed by atoms with E-state index >= 15 is 0 Å². The molecule has 1 unspecified atom stereocenters. The number of pyridine rings is 2. The molecule has 0 bridgehead atoms. The summed E-state index contributed by atoms with van der Waals surface area (Å²) in [6.45, 7) is 0. The zero-order chi connectivity index (χ0) is 13.0. The maximum absolute atomic E-state index is 12.8. The van der Waals surface area contributed by atoms with Crippen LogP contribution in [0, 0.1) is 5.82 Å². The molecule has 0 fully saturated rings. The van der Waals surface area contributed by atoms with E-state index in [4.69, 9.17) is 11.6 Å². The number of hydrazine groups is 1. The second-order valence-corrected chi connectivity index (χ2v) is 3.87. The first kappa shape index (κ1) is 12.4. The number of halogens is 1. The molecule has 0 radical (unpaired) electrons. The van der Waals surface area contributed by atoms with E-state index in [2.05, 4.69) is 15.4 Å². The standard InChI is InChI=1S/C12H14FN5/c13-9-3-4-10(17-7-9)11(18-15)6-8-2-1-5-16-12(8)14/h1-5,7,11,18H,6,15H2,(H2,14,16). The van der Waals surface area contributed by atoms with Crippen LogP contribution < -0.4 is 17.0 Å². The SMILES string of the molecule is NNC(Cc1cccnc1N)c1ccc(F)cn1. The molecule has 0 saturated carbocycles. The van der Waals surface area contributed by atoms with Crippen LogP contribution in [-0.2, 0) is 6.42 Å². The Labute approximate surface area is 104 Å². The number of nitrogens with zero attached hydrogens (tertiary/aromatic N) is 2. The van der Waals surface area contributed by atoms with Gasteiger partial charge in [0, 0.05) is 6.20 Å². The summed E-state index contributed by atoms with van der Waals surface area (Å²) in [5.41, 5.74) is 9.93. The van der Waals surface area contributed by atoms with Crippen molar-refractivity contribution in [3.63, 3.8) is 0 Å². The quantitative estimate of drug-likeness (QED) is 0.552. The molecule has 0 amide bonds. The normalized spacial score (nSPS) is 12.3. The molecule has 18 heavy (non-hydrogen) atoms. The van der Waals surface area contributed by atoms with Crippen molar-refractivity contribution in [2.45, 2.75) is 12.5 Å². The van der Waals surface area contributed by atoms with Gasteiger partial charge in [-0.05, 0) is 30.2 Å². The van der Waals surface area contributed by atoms with Crippen LogP contribution >= 0.6 is 0 Å². The lowest BCUT2D eigenvalue weighted by molar-refractivity contribution is 0.533. The topological polar surface area (TPSA) is 89.8 Å². The first-order valence-electron chi connectivity index (χ1n) is 5.47. The van der Waals surface area contributed by atoms with Gasteiger partial charge >= 0.3 is 0 Å². The maximum Gasteiger partial charge on any atom is 0.141 e. The highest BCUT2D eigenvalue weighted by atomic mass is 19.1. The fraction of sp³-hybridized carbons (Fsp3) is 0.167. The largest absolute Gasteiger partial charge is 0.383 e. The minimum absolute atomic E-state index is 0.239. The van der Waals surface area contributed by atoms with Crippen molar-refractivity contribution in [2.24, 2.45) is 5.84 Å². The van der Waals surface area contributed by atoms with Gasteiger partial charge in [0.25, 0.3) is 0 Å². The molecule has 2 aromatic rings. The van der Waals surface area contributed by atoms with Crippen LogP contribution in [0.15, 0.2) is 36.7 Å². The van der Waals surface area contributed by atoms with Crippen LogP contribution in [0.3, 0.4) is 0 Å². The molecular formula is C12H14FN5. The van der Waals surface area contributed by atoms with E-state index < -0.39 is 0 Å². The Hall–Kier alpha value is -2.05. The van der Waals surface area contributed by atoms with Crippen LogP contribution in [0.5, 0.6) is 0 Å². The number of aromatic nitrogens is 2. The van der Waals surface area contributed by atoms with Gasteiger partial charge in [0.05, 0.1) is 17.9 Å². The molecule has 5 nitrogen and oxygen atoms in total. The van der Waals surface area contributed by atoms with Gasteiger partial charge in [-0.1, -0.05) is 6.07 Å². The van der Waals surface area contributed by atoms with Crippen molar-refractivity contribution < 1.29 is 4.39 Å². The van der Waals surface area contributed by atoms with Crippen molar-refractivity contribution in [1.82, 2.24) is 15.4 Å². The summed E-state index contributed by atoms with van der Waals surface area (Å²) in [5.74, 6) is 5.57. The Morgan fingerprint density at radius 3 is 2.72 bits per heavy atom. The maximum atomic E-state index is 12.8. The number of rotatable bonds is 4. The molecule has 0 aliphatic carbocycles. The van der Waals surface area contributed by atoms with Crippen LogP contribution in [0.1, 0.15) is 17.3 Å². The lowest BCUT2D eigenvalue weighted by Crippen LogP contribution is -2.30. The van der Waals surface area contributed by atoms with Gasteiger partial charge in [-0.2, -0.15) is 0 Å². The Morgan fingerprint density at radius 1 is 1.28 bits per heavy atom. The van der Waals surface area contributed by atoms with Gasteiger partial charge in [0.15, 0.2) is 0 Å². The number of hydrogen-bond donors (Lipinski definition) is 3. The zero-order valence-corrected chi connectivity index (χ0v) is 9.68. The van der Waals surface area contributed by atoms with E-state index in [1.54, 1.807) is 18.3 Å². The van der Waals surface area contributed by atoms with Crippen molar-refractivity contribution >= 4 is 5.82 Å². The number of hydrogen-bond acceptors (Lipinski definition) is 5. The predicted molar refractivity (Wildman–Crippen MR) is 66.6 cm³/mol. The van der Waals surface area contributed by atoms with Crippen LogP contribution in [0.25, 0.3) is 0 Å². The van der Waals surface area contributed by atoms with Crippen molar-refractivity contribution in [3.8, 4) is 0 Å². The average molecular weight is 247 g/mol. The highest BCUT2D eigenvalue weighted by Crippen LogP contribution is 2.18. The first-order valence-corrected chi connectivity index (χ1v) is 5.47. The molecule has 2 aromatic heterocycles. The third-order valence-corrected chi connectivity index (χ3v) is 2.66. The summed E-state index contributed by atoms with van der Waals surface area (Å²) in [5, 5.41) is 0. The number of nitrogens with one attached hydrogen (secondary N) is 1. The fourth-order valence-corrected chi connectivity index (χ4v) is 1.69. The summed E-state index contributed by atoms with van der Waals surface area (Å²) in [6.07, 6.45) is 3.32. The Balaban J connectivity index is 2.20. The minimum Gasteiger partial charge on any atom is -0.383 e. The van der Waals surface area contributed by atoms with Crippen molar-refractivity contribution in [1.29, 1.82) is 0 Å². The highest BCUT2D eigenvalue weighted by molar-refractivity contribution is 5.39. The molecule has 0 aromatic carbocycles. The van der Waals surface area contributed by atoms with E-state index in [0.29, 0.717) is 17.9 Å². The van der Waals surface area contributed by atoms with E-state index in [1.807, 2.05) is 6.07 Å².